The lowest BCUT2D eigenvalue weighted by Gasteiger charge is -2.30. The van der Waals surface area contributed by atoms with Crippen LogP contribution in [0.25, 0.3) is 0 Å². The van der Waals surface area contributed by atoms with Gasteiger partial charge < -0.3 is 16.0 Å². The topological polar surface area (TPSA) is 66.5 Å². The van der Waals surface area contributed by atoms with Crippen LogP contribution in [0, 0.1) is 5.92 Å². The van der Waals surface area contributed by atoms with Crippen molar-refractivity contribution in [3.05, 3.63) is 30.1 Å². The Kier molecular flexibility index (Phi) is 7.16. The zero-order valence-electron chi connectivity index (χ0n) is 13.7. The molecule has 3 N–H and O–H groups in total. The van der Waals surface area contributed by atoms with Crippen molar-refractivity contribution in [2.45, 2.75) is 32.6 Å². The highest BCUT2D eigenvalue weighted by Crippen LogP contribution is 2.19. The molecule has 0 atom stereocenters. The quantitative estimate of drug-likeness (QED) is 0.594. The lowest BCUT2D eigenvalue weighted by Crippen LogP contribution is -2.34. The van der Waals surface area contributed by atoms with Crippen LogP contribution >= 0.6 is 0 Å². The van der Waals surface area contributed by atoms with Gasteiger partial charge in [0, 0.05) is 31.4 Å². The van der Waals surface area contributed by atoms with Gasteiger partial charge in [-0.25, -0.2) is 0 Å². The van der Waals surface area contributed by atoms with E-state index >= 15 is 0 Å². The maximum Gasteiger partial charge on any atom is 0.188 e. The lowest BCUT2D eigenvalue weighted by molar-refractivity contribution is 0.188. The molecule has 0 saturated carbocycles. The van der Waals surface area contributed by atoms with Crippen LogP contribution in [0.5, 0.6) is 0 Å². The maximum atomic E-state index is 5.91. The lowest BCUT2D eigenvalue weighted by atomic mass is 9.94. The zero-order valence-corrected chi connectivity index (χ0v) is 13.7. The summed E-state index contributed by atoms with van der Waals surface area (Å²) in [5.41, 5.74) is 6.98. The van der Waals surface area contributed by atoms with E-state index < -0.39 is 0 Å². The Labute approximate surface area is 134 Å². The van der Waals surface area contributed by atoms with Crippen molar-refractivity contribution < 1.29 is 0 Å². The Hall–Kier alpha value is -1.62. The van der Waals surface area contributed by atoms with E-state index in [2.05, 4.69) is 27.1 Å². The highest BCUT2D eigenvalue weighted by Gasteiger charge is 2.17. The predicted molar refractivity (Wildman–Crippen MR) is 91.9 cm³/mol. The number of piperidine rings is 1. The average Bonchev–Trinajstić information content (AvgIpc) is 2.56. The van der Waals surface area contributed by atoms with E-state index in [1.54, 1.807) is 0 Å². The molecule has 0 aromatic carbocycles. The van der Waals surface area contributed by atoms with Crippen LogP contribution in [-0.2, 0) is 6.42 Å². The molecule has 0 bridgehead atoms. The van der Waals surface area contributed by atoms with Gasteiger partial charge in [0.1, 0.15) is 0 Å². The number of hydrogen-bond donors (Lipinski definition) is 2. The van der Waals surface area contributed by atoms with E-state index in [1.165, 1.54) is 32.5 Å². The second kappa shape index (κ2) is 9.41. The van der Waals surface area contributed by atoms with Crippen molar-refractivity contribution in [2.75, 3.05) is 32.7 Å². The van der Waals surface area contributed by atoms with E-state index in [0.717, 1.165) is 37.5 Å². The first-order valence-electron chi connectivity index (χ1n) is 8.44. The van der Waals surface area contributed by atoms with Crippen LogP contribution in [0.2, 0.25) is 0 Å². The maximum absolute atomic E-state index is 5.91. The van der Waals surface area contributed by atoms with E-state index in [9.17, 15) is 0 Å². The monoisotopic (exact) mass is 303 g/mol. The van der Waals surface area contributed by atoms with Crippen LogP contribution in [0.3, 0.4) is 0 Å². The van der Waals surface area contributed by atoms with E-state index in [4.69, 9.17) is 5.73 Å². The molecule has 0 radical (unpaired) electrons. The van der Waals surface area contributed by atoms with Crippen LogP contribution < -0.4 is 11.1 Å². The fraction of sp³-hybridized carbons (Fsp3) is 0.647. The van der Waals surface area contributed by atoms with Crippen LogP contribution in [0.4, 0.5) is 0 Å². The predicted octanol–water partition coefficient (Wildman–Crippen LogP) is 1.65. The first-order chi connectivity index (χ1) is 10.8. The highest BCUT2D eigenvalue weighted by atomic mass is 15.1. The third-order valence-electron chi connectivity index (χ3n) is 4.39. The molecule has 5 nitrogen and oxygen atoms in total. The third-order valence-corrected chi connectivity index (χ3v) is 4.39. The fourth-order valence-electron chi connectivity index (χ4n) is 2.88. The van der Waals surface area contributed by atoms with Crippen LogP contribution in [0.15, 0.2) is 29.4 Å². The second-order valence-electron chi connectivity index (χ2n) is 5.93. The molecular formula is C17H29N5. The van der Waals surface area contributed by atoms with Gasteiger partial charge in [0.15, 0.2) is 5.96 Å². The summed E-state index contributed by atoms with van der Waals surface area (Å²) in [7, 11) is 0. The molecule has 5 heteroatoms. The van der Waals surface area contributed by atoms with Gasteiger partial charge in [-0.05, 0) is 56.9 Å². The molecule has 122 valence electrons. The Balaban J connectivity index is 1.58. The summed E-state index contributed by atoms with van der Waals surface area (Å²) >= 11 is 0. The molecule has 1 fully saturated rings. The minimum absolute atomic E-state index is 0.557. The van der Waals surface area contributed by atoms with E-state index in [0.29, 0.717) is 5.96 Å². The molecule has 2 rings (SSSR count). The minimum Gasteiger partial charge on any atom is -0.370 e. The number of aliphatic imine (C=N–C) groups is 1. The summed E-state index contributed by atoms with van der Waals surface area (Å²) in [4.78, 5) is 11.2. The molecule has 0 amide bonds. The number of hydrogen-bond acceptors (Lipinski definition) is 3. The Bertz CT molecular complexity index is 438. The summed E-state index contributed by atoms with van der Waals surface area (Å²) in [5, 5.41) is 3.16. The molecule has 1 aromatic heterocycles. The SMILES string of the molecule is CCN1CCC(CCN=C(N)NCCc2ccccn2)CC1. The van der Waals surface area contributed by atoms with Gasteiger partial charge in [-0.15, -0.1) is 0 Å². The Morgan fingerprint density at radius 3 is 2.91 bits per heavy atom. The van der Waals surface area contributed by atoms with Crippen molar-refractivity contribution >= 4 is 5.96 Å². The fourth-order valence-corrected chi connectivity index (χ4v) is 2.88. The molecule has 22 heavy (non-hydrogen) atoms. The van der Waals surface area contributed by atoms with Crippen molar-refractivity contribution in [3.8, 4) is 0 Å². The number of nitrogens with zero attached hydrogens (tertiary/aromatic N) is 3. The molecule has 1 aliphatic rings. The number of guanidine groups is 1. The molecule has 1 aromatic rings. The summed E-state index contributed by atoms with van der Waals surface area (Å²) in [5.74, 6) is 1.37. The van der Waals surface area contributed by atoms with Crippen molar-refractivity contribution in [1.29, 1.82) is 0 Å². The normalized spacial score (nSPS) is 17.6. The molecular weight excluding hydrogens is 274 g/mol. The van der Waals surface area contributed by atoms with Gasteiger partial charge in [0.2, 0.25) is 0 Å². The average molecular weight is 303 g/mol. The number of likely N-dealkylation sites (tertiary alicyclic amines) is 1. The van der Waals surface area contributed by atoms with E-state index in [1.807, 2.05) is 24.4 Å². The van der Waals surface area contributed by atoms with Gasteiger partial charge >= 0.3 is 0 Å². The molecule has 0 unspecified atom stereocenters. The molecule has 0 aliphatic carbocycles. The van der Waals surface area contributed by atoms with Crippen LogP contribution in [-0.4, -0.2) is 48.6 Å². The summed E-state index contributed by atoms with van der Waals surface area (Å²) in [6, 6.07) is 5.96. The van der Waals surface area contributed by atoms with Crippen molar-refractivity contribution in [2.24, 2.45) is 16.6 Å². The largest absolute Gasteiger partial charge is 0.370 e. The van der Waals surface area contributed by atoms with Gasteiger partial charge in [-0.3, -0.25) is 9.98 Å². The number of pyridine rings is 1. The number of rotatable bonds is 7. The third kappa shape index (κ3) is 6.02. The summed E-state index contributed by atoms with van der Waals surface area (Å²) in [6.07, 6.45) is 6.44. The summed E-state index contributed by atoms with van der Waals surface area (Å²) < 4.78 is 0. The summed E-state index contributed by atoms with van der Waals surface area (Å²) in [6.45, 7) is 7.51. The smallest absolute Gasteiger partial charge is 0.188 e. The Morgan fingerprint density at radius 1 is 1.41 bits per heavy atom. The van der Waals surface area contributed by atoms with Gasteiger partial charge in [0.05, 0.1) is 0 Å². The zero-order chi connectivity index (χ0) is 15.6. The van der Waals surface area contributed by atoms with Crippen molar-refractivity contribution in [1.82, 2.24) is 15.2 Å². The van der Waals surface area contributed by atoms with Gasteiger partial charge in [-0.1, -0.05) is 13.0 Å². The second-order valence-corrected chi connectivity index (χ2v) is 5.93. The number of nitrogens with one attached hydrogen (secondary N) is 1. The molecule has 1 aliphatic heterocycles. The molecule has 0 spiro atoms. The number of nitrogens with two attached hydrogens (primary N) is 1. The molecule has 2 heterocycles. The first-order valence-corrected chi connectivity index (χ1v) is 8.44. The van der Waals surface area contributed by atoms with Crippen LogP contribution in [0.1, 0.15) is 31.9 Å². The first kappa shape index (κ1) is 16.7. The van der Waals surface area contributed by atoms with Gasteiger partial charge in [0.25, 0.3) is 0 Å². The standard InChI is InChI=1S/C17H29N5/c1-2-22-13-8-15(9-14-22)6-11-20-17(18)21-12-7-16-5-3-4-10-19-16/h3-5,10,15H,2,6-9,11-14H2,1H3,(H3,18,20,21). The van der Waals surface area contributed by atoms with Crippen molar-refractivity contribution in [3.63, 3.8) is 0 Å². The van der Waals surface area contributed by atoms with Gasteiger partial charge in [-0.2, -0.15) is 0 Å². The van der Waals surface area contributed by atoms with E-state index in [-0.39, 0.29) is 0 Å². The highest BCUT2D eigenvalue weighted by molar-refractivity contribution is 5.77. The number of aromatic nitrogens is 1. The minimum atomic E-state index is 0.557. The Morgan fingerprint density at radius 2 is 2.23 bits per heavy atom. The molecule has 1 saturated heterocycles.